The number of hydrogen-bond donors (Lipinski definition) is 3. The Morgan fingerprint density at radius 3 is 2.17 bits per heavy atom. The number of ether oxygens (including phenoxy) is 1. The normalized spacial score (nSPS) is 15.9. The average Bonchev–Trinajstić information content (AvgIpc) is 2.87. The fourth-order valence-corrected chi connectivity index (χ4v) is 5.31. The lowest BCUT2D eigenvalue weighted by molar-refractivity contribution is -0.148. The summed E-state index contributed by atoms with van der Waals surface area (Å²) in [6.07, 6.45) is 4.56. The summed E-state index contributed by atoms with van der Waals surface area (Å²) in [7, 11) is 0. The highest BCUT2D eigenvalue weighted by Crippen LogP contribution is 2.33. The van der Waals surface area contributed by atoms with Gasteiger partial charge in [-0.1, -0.05) is 55.7 Å². The smallest absolute Gasteiger partial charge is 0.408 e. The van der Waals surface area contributed by atoms with E-state index in [2.05, 4.69) is 10.6 Å². The number of aryl methyl sites for hydroxylation is 1. The van der Waals surface area contributed by atoms with E-state index >= 15 is 0 Å². The van der Waals surface area contributed by atoms with Crippen molar-refractivity contribution in [3.63, 3.8) is 0 Å². The summed E-state index contributed by atoms with van der Waals surface area (Å²) in [6, 6.07) is 12.5. The molecule has 3 N–H and O–H groups in total. The van der Waals surface area contributed by atoms with E-state index in [9.17, 15) is 19.5 Å². The number of nitrogens with one attached hydrogen (secondary N) is 2. The summed E-state index contributed by atoms with van der Waals surface area (Å²) in [5.74, 6) is -0.565. The number of hydrogen-bond acceptors (Lipinski definition) is 5. The minimum atomic E-state index is -0.991. The van der Waals surface area contributed by atoms with E-state index < -0.39 is 35.2 Å². The lowest BCUT2D eigenvalue weighted by atomic mass is 9.92. The molecule has 8 heteroatoms. The molecule has 3 amide bonds. The molecule has 0 bridgehead atoms. The molecule has 224 valence electrons. The molecule has 1 fully saturated rings. The number of benzene rings is 2. The van der Waals surface area contributed by atoms with E-state index in [1.54, 1.807) is 50.8 Å². The van der Waals surface area contributed by atoms with Gasteiger partial charge in [-0.05, 0) is 90.1 Å². The van der Waals surface area contributed by atoms with Crippen LogP contribution in [-0.4, -0.2) is 51.1 Å². The van der Waals surface area contributed by atoms with Crippen LogP contribution in [0.15, 0.2) is 48.5 Å². The van der Waals surface area contributed by atoms with Gasteiger partial charge in [0.05, 0.1) is 0 Å². The van der Waals surface area contributed by atoms with Gasteiger partial charge in [0.1, 0.15) is 23.4 Å². The number of aromatic hydroxyl groups is 1. The van der Waals surface area contributed by atoms with Crippen molar-refractivity contribution in [2.45, 2.75) is 116 Å². The lowest BCUT2D eigenvalue weighted by Gasteiger charge is -2.43. The fraction of sp³-hybridized carbons (Fsp3) is 0.545. The van der Waals surface area contributed by atoms with Crippen LogP contribution in [0.25, 0.3) is 0 Å². The molecule has 2 aromatic rings. The van der Waals surface area contributed by atoms with Crippen LogP contribution in [0.2, 0.25) is 0 Å². The molecule has 1 saturated carbocycles. The predicted molar refractivity (Wildman–Crippen MR) is 161 cm³/mol. The van der Waals surface area contributed by atoms with E-state index in [1.165, 1.54) is 0 Å². The van der Waals surface area contributed by atoms with Crippen molar-refractivity contribution < 1.29 is 24.2 Å². The van der Waals surface area contributed by atoms with Gasteiger partial charge in [-0.15, -0.1) is 0 Å². The number of amides is 3. The van der Waals surface area contributed by atoms with Gasteiger partial charge in [-0.3, -0.25) is 9.59 Å². The first-order chi connectivity index (χ1) is 19.2. The molecular weight excluding hydrogens is 518 g/mol. The summed E-state index contributed by atoms with van der Waals surface area (Å²) in [6.45, 7) is 12.7. The average molecular weight is 566 g/mol. The molecule has 2 unspecified atom stereocenters. The number of alkyl carbamates (subject to hydrolysis) is 1. The van der Waals surface area contributed by atoms with Crippen molar-refractivity contribution in [2.24, 2.45) is 0 Å². The first kappa shape index (κ1) is 32.0. The standard InChI is InChI=1S/C33H47N3O5/c1-22-20-24(18-19-27(22)37)28(29(38)34-25-16-12-9-13-17-25)36(32(2,3)4)30(39)26(21-23-14-10-8-11-15-23)35-31(40)41-33(5,6)7/h8,10-11,14-15,18-20,25-26,28,37H,9,12-13,16-17,21H2,1-7H3,(H,34,38)(H,35,40). The molecule has 0 saturated heterocycles. The predicted octanol–water partition coefficient (Wildman–Crippen LogP) is 5.95. The van der Waals surface area contributed by atoms with Crippen LogP contribution >= 0.6 is 0 Å². The summed E-state index contributed by atoms with van der Waals surface area (Å²) in [5.41, 5.74) is 0.501. The van der Waals surface area contributed by atoms with Crippen LogP contribution in [0, 0.1) is 6.92 Å². The second kappa shape index (κ2) is 13.4. The molecule has 8 nitrogen and oxygen atoms in total. The second-order valence-electron chi connectivity index (χ2n) is 13.1. The highest BCUT2D eigenvalue weighted by Gasteiger charge is 2.42. The lowest BCUT2D eigenvalue weighted by Crippen LogP contribution is -2.59. The second-order valence-corrected chi connectivity index (χ2v) is 13.1. The van der Waals surface area contributed by atoms with Crippen molar-refractivity contribution in [3.8, 4) is 5.75 Å². The first-order valence-electron chi connectivity index (χ1n) is 14.6. The Balaban J connectivity index is 2.07. The van der Waals surface area contributed by atoms with Gasteiger partial charge >= 0.3 is 6.09 Å². The maximum absolute atomic E-state index is 14.6. The van der Waals surface area contributed by atoms with Crippen LogP contribution in [0.4, 0.5) is 4.79 Å². The van der Waals surface area contributed by atoms with Gasteiger partial charge < -0.3 is 25.4 Å². The largest absolute Gasteiger partial charge is 0.508 e. The van der Waals surface area contributed by atoms with E-state index in [4.69, 9.17) is 4.74 Å². The van der Waals surface area contributed by atoms with E-state index in [0.717, 1.165) is 37.7 Å². The minimum absolute atomic E-state index is 0.0360. The zero-order chi connectivity index (χ0) is 30.4. The summed E-state index contributed by atoms with van der Waals surface area (Å²) in [4.78, 5) is 43.2. The highest BCUT2D eigenvalue weighted by atomic mass is 16.6. The van der Waals surface area contributed by atoms with Crippen molar-refractivity contribution in [1.82, 2.24) is 15.5 Å². The molecule has 0 aromatic heterocycles. The Hall–Kier alpha value is -3.55. The SMILES string of the molecule is Cc1cc(C(C(=O)NC2CCCCC2)N(C(=O)C(Cc2ccccc2)NC(=O)OC(C)(C)C)C(C)(C)C)ccc1O. The molecular formula is C33H47N3O5. The van der Waals surface area contributed by atoms with Crippen molar-refractivity contribution >= 4 is 17.9 Å². The highest BCUT2D eigenvalue weighted by molar-refractivity contribution is 5.93. The number of nitrogens with zero attached hydrogens (tertiary/aromatic N) is 1. The Morgan fingerprint density at radius 1 is 0.976 bits per heavy atom. The van der Waals surface area contributed by atoms with Crippen LogP contribution < -0.4 is 10.6 Å². The zero-order valence-corrected chi connectivity index (χ0v) is 25.6. The number of rotatable bonds is 8. The van der Waals surface area contributed by atoms with Gasteiger partial charge in [0.2, 0.25) is 11.8 Å². The van der Waals surface area contributed by atoms with Crippen molar-refractivity contribution in [3.05, 3.63) is 65.2 Å². The molecule has 2 atom stereocenters. The third kappa shape index (κ3) is 9.23. The van der Waals surface area contributed by atoms with Crippen LogP contribution in [0.1, 0.15) is 96.4 Å². The topological polar surface area (TPSA) is 108 Å². The molecule has 2 aromatic carbocycles. The Bertz CT molecular complexity index is 1190. The van der Waals surface area contributed by atoms with Gasteiger partial charge in [-0.2, -0.15) is 0 Å². The molecule has 3 rings (SSSR count). The number of phenolic OH excluding ortho intramolecular Hbond substituents is 1. The number of carbonyl (C=O) groups excluding carboxylic acids is 3. The monoisotopic (exact) mass is 565 g/mol. The molecule has 0 radical (unpaired) electrons. The van der Waals surface area contributed by atoms with Gasteiger partial charge in [0.25, 0.3) is 0 Å². The fourth-order valence-electron chi connectivity index (χ4n) is 5.31. The van der Waals surface area contributed by atoms with Gasteiger partial charge in [0.15, 0.2) is 0 Å². The third-order valence-corrected chi connectivity index (χ3v) is 7.23. The Kier molecular flexibility index (Phi) is 10.5. The molecule has 41 heavy (non-hydrogen) atoms. The van der Waals surface area contributed by atoms with Crippen LogP contribution in [-0.2, 0) is 20.7 Å². The molecule has 0 aliphatic heterocycles. The van der Waals surface area contributed by atoms with E-state index in [0.29, 0.717) is 11.1 Å². The Labute approximate surface area is 244 Å². The minimum Gasteiger partial charge on any atom is -0.508 e. The maximum atomic E-state index is 14.6. The molecule has 0 spiro atoms. The maximum Gasteiger partial charge on any atom is 0.408 e. The van der Waals surface area contributed by atoms with Gasteiger partial charge in [-0.25, -0.2) is 4.79 Å². The quantitative estimate of drug-likeness (QED) is 0.366. The summed E-state index contributed by atoms with van der Waals surface area (Å²) in [5, 5.41) is 16.2. The first-order valence-corrected chi connectivity index (χ1v) is 14.6. The third-order valence-electron chi connectivity index (χ3n) is 7.23. The Morgan fingerprint density at radius 2 is 1.61 bits per heavy atom. The van der Waals surface area contributed by atoms with Gasteiger partial charge in [0, 0.05) is 18.0 Å². The van der Waals surface area contributed by atoms with Crippen LogP contribution in [0.3, 0.4) is 0 Å². The van der Waals surface area contributed by atoms with Crippen LogP contribution in [0.5, 0.6) is 5.75 Å². The van der Waals surface area contributed by atoms with Crippen molar-refractivity contribution in [2.75, 3.05) is 0 Å². The molecule has 0 heterocycles. The summed E-state index contributed by atoms with van der Waals surface area (Å²) >= 11 is 0. The zero-order valence-electron chi connectivity index (χ0n) is 25.6. The summed E-state index contributed by atoms with van der Waals surface area (Å²) < 4.78 is 5.52. The van der Waals surface area contributed by atoms with E-state index in [1.807, 2.05) is 51.1 Å². The van der Waals surface area contributed by atoms with Crippen molar-refractivity contribution in [1.29, 1.82) is 0 Å². The molecule has 1 aliphatic rings. The number of phenols is 1. The molecule has 1 aliphatic carbocycles. The van der Waals surface area contributed by atoms with E-state index in [-0.39, 0.29) is 24.1 Å². The number of carbonyl (C=O) groups is 3.